The van der Waals surface area contributed by atoms with Gasteiger partial charge in [-0.25, -0.2) is 0 Å². The molecule has 62 valence electrons. The van der Waals surface area contributed by atoms with Crippen LogP contribution in [0.25, 0.3) is 0 Å². The van der Waals surface area contributed by atoms with Crippen molar-refractivity contribution in [2.45, 2.75) is 39.0 Å². The maximum atomic E-state index is 9.83. The zero-order valence-electron chi connectivity index (χ0n) is 6.44. The van der Waals surface area contributed by atoms with E-state index in [0.717, 1.165) is 6.42 Å². The summed E-state index contributed by atoms with van der Waals surface area (Å²) in [6.45, 7) is 2.85. The Morgan fingerprint density at radius 3 is 2.50 bits per heavy atom. The molecule has 0 aliphatic carbocycles. The Bertz CT molecular complexity index is 51.6. The van der Waals surface area contributed by atoms with Crippen molar-refractivity contribution in [3.63, 3.8) is 0 Å². The predicted octanol–water partition coefficient (Wildman–Crippen LogP) is 1.25. The molecule has 0 atom stereocenters. The van der Waals surface area contributed by atoms with Gasteiger partial charge in [-0.3, -0.25) is 0 Å². The van der Waals surface area contributed by atoms with Crippen LogP contribution in [0.1, 0.15) is 39.0 Å². The van der Waals surface area contributed by atoms with Gasteiger partial charge < -0.3 is 4.20 Å². The first-order valence-corrected chi connectivity index (χ1v) is 5.10. The standard InChI is InChI=1S/C7H15BrO2/c1-2-3-4-5-6-7-10-8-9/h2-7H2,1H3. The number of unbranched alkanes of at least 4 members (excludes halogenated alkanes) is 4. The molecule has 0 aliphatic heterocycles. The van der Waals surface area contributed by atoms with Crippen LogP contribution in [0.4, 0.5) is 0 Å². The highest BCUT2D eigenvalue weighted by atomic mass is 79.9. The van der Waals surface area contributed by atoms with Crippen LogP contribution >= 0.6 is 0 Å². The lowest BCUT2D eigenvalue weighted by molar-refractivity contribution is -1.27. The largest absolute Gasteiger partial charge is 0.550 e. The monoisotopic (exact) mass is 210 g/mol. The summed E-state index contributed by atoms with van der Waals surface area (Å²) in [5, 5.41) is 0. The van der Waals surface area contributed by atoms with Gasteiger partial charge in [-0.15, -0.1) is 3.83 Å². The average Bonchev–Trinajstić information content (AvgIpc) is 1.97. The molecule has 0 bridgehead atoms. The molecule has 0 aromatic rings. The maximum Gasteiger partial charge on any atom is 0.420 e. The quantitative estimate of drug-likeness (QED) is 0.593. The third-order valence-corrected chi connectivity index (χ3v) is 1.88. The second-order valence-corrected chi connectivity index (χ2v) is 3.01. The van der Waals surface area contributed by atoms with Gasteiger partial charge >= 0.3 is 15.5 Å². The third kappa shape index (κ3) is 8.40. The van der Waals surface area contributed by atoms with E-state index < -0.39 is 15.5 Å². The first-order valence-electron chi connectivity index (χ1n) is 3.80. The number of hydrogen-bond donors (Lipinski definition) is 0. The maximum absolute atomic E-state index is 9.83. The predicted molar refractivity (Wildman–Crippen MR) is 34.7 cm³/mol. The fourth-order valence-corrected chi connectivity index (χ4v) is 1.15. The topological polar surface area (TPSA) is 32.3 Å². The van der Waals surface area contributed by atoms with Crippen molar-refractivity contribution < 1.29 is 23.6 Å². The van der Waals surface area contributed by atoms with Crippen LogP contribution in [0.15, 0.2) is 0 Å². The molecule has 0 unspecified atom stereocenters. The first-order chi connectivity index (χ1) is 4.91. The summed E-state index contributed by atoms with van der Waals surface area (Å²) in [4.78, 5) is 0. The molecule has 0 fully saturated rings. The summed E-state index contributed by atoms with van der Waals surface area (Å²) >= 11 is -0.605. The molecule has 0 radical (unpaired) electrons. The van der Waals surface area contributed by atoms with Crippen LogP contribution in [-0.4, -0.2) is 6.61 Å². The number of halogens is 1. The van der Waals surface area contributed by atoms with Crippen LogP contribution < -0.4 is 4.20 Å². The Morgan fingerprint density at radius 1 is 1.20 bits per heavy atom. The van der Waals surface area contributed by atoms with E-state index in [4.69, 9.17) is 0 Å². The lowest BCUT2D eigenvalue weighted by atomic mass is 10.2. The van der Waals surface area contributed by atoms with Gasteiger partial charge in [0.25, 0.3) is 0 Å². The Kier molecular flexibility index (Phi) is 9.78. The van der Waals surface area contributed by atoms with Gasteiger partial charge in [0, 0.05) is 0 Å². The summed E-state index contributed by atoms with van der Waals surface area (Å²) < 4.78 is 14.5. The minimum Gasteiger partial charge on any atom is -0.550 e. The summed E-state index contributed by atoms with van der Waals surface area (Å²) in [5.74, 6) is 0. The molecule has 0 saturated heterocycles. The average molecular weight is 211 g/mol. The fraction of sp³-hybridized carbons (Fsp3) is 1.00. The van der Waals surface area contributed by atoms with E-state index in [-0.39, 0.29) is 0 Å². The minimum atomic E-state index is -0.605. The molecular formula is C7H15BrO2. The molecular weight excluding hydrogens is 196 g/mol. The SMILES string of the molecule is CCCCCCCO[Br+][O-]. The molecule has 0 amide bonds. The van der Waals surface area contributed by atoms with E-state index in [1.54, 1.807) is 0 Å². The van der Waals surface area contributed by atoms with E-state index in [2.05, 4.69) is 10.8 Å². The molecule has 0 aromatic heterocycles. The Hall–Kier alpha value is 0.400. The van der Waals surface area contributed by atoms with E-state index in [1.807, 2.05) is 0 Å². The Balaban J connectivity index is 2.65. The van der Waals surface area contributed by atoms with Crippen LogP contribution in [0.5, 0.6) is 0 Å². The van der Waals surface area contributed by atoms with Crippen molar-refractivity contribution in [2.24, 2.45) is 0 Å². The minimum absolute atomic E-state index is 0.605. The molecule has 0 aliphatic rings. The van der Waals surface area contributed by atoms with Crippen molar-refractivity contribution in [2.75, 3.05) is 6.61 Å². The smallest absolute Gasteiger partial charge is 0.420 e. The summed E-state index contributed by atoms with van der Waals surface area (Å²) in [6.07, 6.45) is 6.11. The molecule has 3 heteroatoms. The highest BCUT2D eigenvalue weighted by Crippen LogP contribution is 2.01. The van der Waals surface area contributed by atoms with Gasteiger partial charge in [-0.1, -0.05) is 32.6 Å². The van der Waals surface area contributed by atoms with Crippen LogP contribution in [-0.2, 0) is 3.83 Å². The molecule has 0 aromatic carbocycles. The second-order valence-electron chi connectivity index (χ2n) is 2.29. The van der Waals surface area contributed by atoms with E-state index in [0.29, 0.717) is 6.61 Å². The van der Waals surface area contributed by atoms with E-state index >= 15 is 0 Å². The molecule has 2 nitrogen and oxygen atoms in total. The fourth-order valence-electron chi connectivity index (χ4n) is 0.792. The molecule has 0 spiro atoms. The first kappa shape index (κ1) is 10.4. The molecule has 0 N–H and O–H groups in total. The third-order valence-electron chi connectivity index (χ3n) is 1.37. The normalized spacial score (nSPS) is 10.2. The van der Waals surface area contributed by atoms with Gasteiger partial charge in [0.2, 0.25) is 0 Å². The van der Waals surface area contributed by atoms with Crippen molar-refractivity contribution in [1.29, 1.82) is 0 Å². The summed E-state index contributed by atoms with van der Waals surface area (Å²) in [5.41, 5.74) is 0. The lowest BCUT2D eigenvalue weighted by Gasteiger charge is -1.94. The highest BCUT2D eigenvalue weighted by Gasteiger charge is 1.93. The molecule has 0 saturated carbocycles. The molecule has 0 rings (SSSR count). The van der Waals surface area contributed by atoms with Crippen LogP contribution in [0.2, 0.25) is 0 Å². The van der Waals surface area contributed by atoms with Gasteiger partial charge in [0.1, 0.15) is 6.61 Å². The van der Waals surface area contributed by atoms with Gasteiger partial charge in [-0.05, 0) is 6.42 Å². The zero-order valence-corrected chi connectivity index (χ0v) is 8.02. The Labute approximate surface area is 69.7 Å². The summed E-state index contributed by atoms with van der Waals surface area (Å²) in [6, 6.07) is 0. The van der Waals surface area contributed by atoms with Crippen LogP contribution in [0.3, 0.4) is 0 Å². The van der Waals surface area contributed by atoms with Gasteiger partial charge in [0.05, 0.1) is 0 Å². The molecule has 0 heterocycles. The lowest BCUT2D eigenvalue weighted by Crippen LogP contribution is -2.04. The number of rotatable bonds is 7. The zero-order chi connectivity index (χ0) is 7.66. The van der Waals surface area contributed by atoms with Crippen molar-refractivity contribution in [3.05, 3.63) is 0 Å². The van der Waals surface area contributed by atoms with Crippen molar-refractivity contribution in [1.82, 2.24) is 0 Å². The van der Waals surface area contributed by atoms with Crippen molar-refractivity contribution >= 4 is 0 Å². The molecule has 10 heavy (non-hydrogen) atoms. The van der Waals surface area contributed by atoms with Crippen LogP contribution in [0, 0.1) is 15.5 Å². The Morgan fingerprint density at radius 2 is 1.90 bits per heavy atom. The van der Waals surface area contributed by atoms with E-state index in [1.165, 1.54) is 25.7 Å². The summed E-state index contributed by atoms with van der Waals surface area (Å²) in [7, 11) is 0. The van der Waals surface area contributed by atoms with Gasteiger partial charge in [-0.2, -0.15) is 0 Å². The van der Waals surface area contributed by atoms with Crippen molar-refractivity contribution in [3.8, 4) is 0 Å². The van der Waals surface area contributed by atoms with E-state index in [9.17, 15) is 4.20 Å². The highest BCUT2D eigenvalue weighted by molar-refractivity contribution is 4.39. The number of hydrogen-bond acceptors (Lipinski definition) is 2. The van der Waals surface area contributed by atoms with Gasteiger partial charge in [0.15, 0.2) is 0 Å². The second kappa shape index (κ2) is 9.40.